The summed E-state index contributed by atoms with van der Waals surface area (Å²) in [7, 11) is 0. The van der Waals surface area contributed by atoms with Crippen molar-refractivity contribution in [2.75, 3.05) is 26.2 Å². The van der Waals surface area contributed by atoms with E-state index in [1.54, 1.807) is 4.90 Å². The van der Waals surface area contributed by atoms with Crippen LogP contribution in [0.4, 0.5) is 0 Å². The smallest absolute Gasteiger partial charge is 0.310 e. The number of likely N-dealkylation sites (tertiary alicyclic amines) is 1. The van der Waals surface area contributed by atoms with Gasteiger partial charge in [0.05, 0.1) is 12.5 Å². The summed E-state index contributed by atoms with van der Waals surface area (Å²) in [5, 5.41) is 11.6. The van der Waals surface area contributed by atoms with Crippen LogP contribution < -0.4 is 5.32 Å². The number of nitrogens with one attached hydrogen (secondary N) is 1. The second-order valence-corrected chi connectivity index (χ2v) is 3.51. The molecular weight excluding hydrogens is 184 g/mol. The van der Waals surface area contributed by atoms with Crippen molar-refractivity contribution in [3.63, 3.8) is 0 Å². The van der Waals surface area contributed by atoms with E-state index in [4.69, 9.17) is 5.11 Å². The molecule has 1 saturated heterocycles. The minimum atomic E-state index is -0.810. The maximum absolute atomic E-state index is 11.3. The number of carbonyl (C=O) groups excluding carboxylic acids is 1. The Bertz CT molecular complexity index is 224. The number of amides is 1. The predicted octanol–water partition coefficient (Wildman–Crippen LogP) is -0.471. The van der Waals surface area contributed by atoms with Crippen LogP contribution in [0.15, 0.2) is 0 Å². The van der Waals surface area contributed by atoms with Crippen molar-refractivity contribution in [3.8, 4) is 0 Å². The molecule has 5 heteroatoms. The molecule has 0 aromatic heterocycles. The van der Waals surface area contributed by atoms with Crippen LogP contribution in [0.5, 0.6) is 0 Å². The van der Waals surface area contributed by atoms with E-state index in [1.807, 2.05) is 6.92 Å². The molecule has 0 saturated carbocycles. The standard InChI is InChI=1S/C9H16N2O3/c1-2-3-10-4-8(12)11-5-7(6-11)9(13)14/h7,10H,2-6H2,1H3,(H,13,14). The van der Waals surface area contributed by atoms with Gasteiger partial charge in [0, 0.05) is 13.1 Å². The Labute approximate surface area is 83.1 Å². The van der Waals surface area contributed by atoms with Crippen molar-refractivity contribution in [3.05, 3.63) is 0 Å². The average Bonchev–Trinajstić information content (AvgIpc) is 2.01. The number of aliphatic carboxylic acids is 1. The van der Waals surface area contributed by atoms with Gasteiger partial charge in [0.1, 0.15) is 0 Å². The molecule has 1 aliphatic rings. The fourth-order valence-electron chi connectivity index (χ4n) is 1.32. The molecule has 14 heavy (non-hydrogen) atoms. The van der Waals surface area contributed by atoms with Gasteiger partial charge < -0.3 is 15.3 Å². The first-order valence-corrected chi connectivity index (χ1v) is 4.86. The third-order valence-corrected chi connectivity index (χ3v) is 2.29. The molecule has 0 radical (unpaired) electrons. The van der Waals surface area contributed by atoms with Crippen LogP contribution in [-0.4, -0.2) is 48.1 Å². The maximum atomic E-state index is 11.3. The van der Waals surface area contributed by atoms with Crippen LogP contribution in [0, 0.1) is 5.92 Å². The van der Waals surface area contributed by atoms with Crippen LogP contribution in [0.2, 0.25) is 0 Å². The quantitative estimate of drug-likeness (QED) is 0.589. The van der Waals surface area contributed by atoms with Gasteiger partial charge in [0.25, 0.3) is 0 Å². The van der Waals surface area contributed by atoms with Gasteiger partial charge in [-0.05, 0) is 13.0 Å². The summed E-state index contributed by atoms with van der Waals surface area (Å²) in [5.41, 5.74) is 0. The average molecular weight is 200 g/mol. The fourth-order valence-corrected chi connectivity index (χ4v) is 1.32. The lowest BCUT2D eigenvalue weighted by Gasteiger charge is -2.36. The highest BCUT2D eigenvalue weighted by Crippen LogP contribution is 2.14. The highest BCUT2D eigenvalue weighted by molar-refractivity contribution is 5.82. The van der Waals surface area contributed by atoms with Gasteiger partial charge in [0.2, 0.25) is 5.91 Å². The van der Waals surface area contributed by atoms with Crippen molar-refractivity contribution < 1.29 is 14.7 Å². The van der Waals surface area contributed by atoms with E-state index in [0.717, 1.165) is 13.0 Å². The van der Waals surface area contributed by atoms with E-state index >= 15 is 0 Å². The Morgan fingerprint density at radius 1 is 1.50 bits per heavy atom. The van der Waals surface area contributed by atoms with Crippen molar-refractivity contribution in [1.82, 2.24) is 10.2 Å². The molecule has 1 amide bonds. The van der Waals surface area contributed by atoms with E-state index in [-0.39, 0.29) is 11.8 Å². The number of hydrogen-bond acceptors (Lipinski definition) is 3. The van der Waals surface area contributed by atoms with Gasteiger partial charge in [-0.1, -0.05) is 6.92 Å². The Hall–Kier alpha value is -1.10. The Morgan fingerprint density at radius 3 is 2.64 bits per heavy atom. The molecule has 1 aliphatic heterocycles. The summed E-state index contributed by atoms with van der Waals surface area (Å²) in [6, 6.07) is 0. The molecule has 0 spiro atoms. The first kappa shape index (κ1) is 11.0. The number of rotatable bonds is 5. The van der Waals surface area contributed by atoms with Crippen molar-refractivity contribution >= 4 is 11.9 Å². The minimum Gasteiger partial charge on any atom is -0.481 e. The highest BCUT2D eigenvalue weighted by Gasteiger charge is 2.34. The molecule has 1 heterocycles. The molecule has 0 aromatic carbocycles. The van der Waals surface area contributed by atoms with Crippen LogP contribution in [0.25, 0.3) is 0 Å². The molecule has 1 fully saturated rings. The summed E-state index contributed by atoms with van der Waals surface area (Å²) in [6.45, 7) is 3.90. The molecule has 0 aliphatic carbocycles. The van der Waals surface area contributed by atoms with Gasteiger partial charge in [-0.2, -0.15) is 0 Å². The van der Waals surface area contributed by atoms with Gasteiger partial charge in [-0.15, -0.1) is 0 Å². The second kappa shape index (κ2) is 4.95. The first-order chi connectivity index (χ1) is 6.65. The van der Waals surface area contributed by atoms with Gasteiger partial charge in [0.15, 0.2) is 0 Å². The summed E-state index contributed by atoms with van der Waals surface area (Å²) in [6.07, 6.45) is 0.991. The summed E-state index contributed by atoms with van der Waals surface area (Å²) in [5.74, 6) is -1.17. The largest absolute Gasteiger partial charge is 0.481 e. The van der Waals surface area contributed by atoms with Crippen LogP contribution in [0.3, 0.4) is 0 Å². The topological polar surface area (TPSA) is 69.6 Å². The van der Waals surface area contributed by atoms with Crippen molar-refractivity contribution in [2.24, 2.45) is 5.92 Å². The second-order valence-electron chi connectivity index (χ2n) is 3.51. The minimum absolute atomic E-state index is 0.00375. The van der Waals surface area contributed by atoms with E-state index in [9.17, 15) is 9.59 Å². The van der Waals surface area contributed by atoms with Gasteiger partial charge >= 0.3 is 5.97 Å². The SMILES string of the molecule is CCCNCC(=O)N1CC(C(=O)O)C1. The Kier molecular flexibility index (Phi) is 3.88. The molecule has 0 aromatic rings. The number of carboxylic acids is 1. The zero-order valence-corrected chi connectivity index (χ0v) is 8.32. The monoisotopic (exact) mass is 200 g/mol. The Balaban J connectivity index is 2.13. The molecule has 1 rings (SSSR count). The third-order valence-electron chi connectivity index (χ3n) is 2.29. The predicted molar refractivity (Wildman–Crippen MR) is 50.9 cm³/mol. The lowest BCUT2D eigenvalue weighted by molar-refractivity contribution is -0.152. The molecule has 0 atom stereocenters. The molecule has 0 unspecified atom stereocenters. The zero-order chi connectivity index (χ0) is 10.6. The fraction of sp³-hybridized carbons (Fsp3) is 0.778. The summed E-state index contributed by atoms with van der Waals surface area (Å²) < 4.78 is 0. The van der Waals surface area contributed by atoms with Crippen LogP contribution in [-0.2, 0) is 9.59 Å². The zero-order valence-electron chi connectivity index (χ0n) is 8.32. The third kappa shape index (κ3) is 2.70. The Morgan fingerprint density at radius 2 is 2.14 bits per heavy atom. The molecule has 5 nitrogen and oxygen atoms in total. The molecule has 2 N–H and O–H groups in total. The van der Waals surface area contributed by atoms with E-state index in [1.165, 1.54) is 0 Å². The van der Waals surface area contributed by atoms with E-state index < -0.39 is 5.97 Å². The lowest BCUT2D eigenvalue weighted by Crippen LogP contribution is -2.55. The maximum Gasteiger partial charge on any atom is 0.310 e. The van der Waals surface area contributed by atoms with Crippen molar-refractivity contribution in [2.45, 2.75) is 13.3 Å². The number of hydrogen-bond donors (Lipinski definition) is 2. The van der Waals surface area contributed by atoms with Crippen LogP contribution >= 0.6 is 0 Å². The summed E-state index contributed by atoms with van der Waals surface area (Å²) >= 11 is 0. The number of nitrogens with zero attached hydrogens (tertiary/aromatic N) is 1. The number of carboxylic acid groups (broad SMARTS) is 1. The van der Waals surface area contributed by atoms with Crippen LogP contribution in [0.1, 0.15) is 13.3 Å². The van der Waals surface area contributed by atoms with E-state index in [0.29, 0.717) is 19.6 Å². The van der Waals surface area contributed by atoms with Crippen molar-refractivity contribution in [1.29, 1.82) is 0 Å². The highest BCUT2D eigenvalue weighted by atomic mass is 16.4. The van der Waals surface area contributed by atoms with Gasteiger partial charge in [-0.3, -0.25) is 9.59 Å². The molecular formula is C9H16N2O3. The first-order valence-electron chi connectivity index (χ1n) is 4.86. The molecule has 0 bridgehead atoms. The lowest BCUT2D eigenvalue weighted by atomic mass is 10.0. The normalized spacial score (nSPS) is 16.5. The number of carbonyl (C=O) groups is 2. The summed E-state index contributed by atoms with van der Waals surface area (Å²) in [4.78, 5) is 23.4. The van der Waals surface area contributed by atoms with Gasteiger partial charge in [-0.25, -0.2) is 0 Å². The van der Waals surface area contributed by atoms with E-state index in [2.05, 4.69) is 5.32 Å². The molecule has 80 valence electrons.